The Morgan fingerprint density at radius 2 is 1.38 bits per heavy atom. The third-order valence-electron chi connectivity index (χ3n) is 5.64. The van der Waals surface area contributed by atoms with Gasteiger partial charge in [0.15, 0.2) is 0 Å². The van der Waals surface area contributed by atoms with Gasteiger partial charge in [-0.05, 0) is 109 Å². The summed E-state index contributed by atoms with van der Waals surface area (Å²) in [6, 6.07) is 15.6. The standard InChI is InChI=1S/C30H38O4/c1-20(27(32)33-28(2,3)4)17-21-9-11-22(12-10-21)26(23-13-15-25(31)16-14-23)24-18-29(5,6)34-30(7,8)19-24/h9-17,31H,18-19H2,1-8H3/b20-17+. The monoisotopic (exact) mass is 462 g/mol. The molecule has 34 heavy (non-hydrogen) atoms. The normalized spacial score (nSPS) is 17.9. The van der Waals surface area contributed by atoms with Gasteiger partial charge in [-0.2, -0.15) is 0 Å². The van der Waals surface area contributed by atoms with Crippen molar-refractivity contribution in [1.82, 2.24) is 0 Å². The summed E-state index contributed by atoms with van der Waals surface area (Å²) in [5.74, 6) is -0.0611. The maximum Gasteiger partial charge on any atom is 0.334 e. The summed E-state index contributed by atoms with van der Waals surface area (Å²) in [6.07, 6.45) is 3.50. The molecule has 1 N–H and O–H groups in total. The SMILES string of the molecule is C/C(=C\c1ccc(C(=C2CC(C)(C)OC(C)(C)C2)c2ccc(O)cc2)cc1)C(=O)OC(C)(C)C. The molecule has 182 valence electrons. The molecule has 1 aliphatic rings. The van der Waals surface area contributed by atoms with Gasteiger partial charge in [0.2, 0.25) is 0 Å². The third kappa shape index (κ3) is 6.83. The summed E-state index contributed by atoms with van der Waals surface area (Å²) in [4.78, 5) is 12.3. The zero-order valence-electron chi connectivity index (χ0n) is 21.8. The van der Waals surface area contributed by atoms with Gasteiger partial charge >= 0.3 is 5.97 Å². The van der Waals surface area contributed by atoms with Gasteiger partial charge in [0, 0.05) is 5.57 Å². The molecular formula is C30H38O4. The predicted octanol–water partition coefficient (Wildman–Crippen LogP) is 7.31. The number of aromatic hydroxyl groups is 1. The van der Waals surface area contributed by atoms with Gasteiger partial charge in [0.05, 0.1) is 11.2 Å². The molecule has 0 spiro atoms. The molecule has 0 radical (unpaired) electrons. The number of phenols is 1. The summed E-state index contributed by atoms with van der Waals surface area (Å²) < 4.78 is 11.8. The lowest BCUT2D eigenvalue weighted by molar-refractivity contribution is -0.149. The van der Waals surface area contributed by atoms with E-state index in [-0.39, 0.29) is 22.9 Å². The number of esters is 1. The lowest BCUT2D eigenvalue weighted by Crippen LogP contribution is -2.42. The largest absolute Gasteiger partial charge is 0.508 e. The Bertz CT molecular complexity index is 1070. The average Bonchev–Trinajstić information content (AvgIpc) is 2.67. The van der Waals surface area contributed by atoms with Crippen LogP contribution in [0.5, 0.6) is 5.75 Å². The Morgan fingerprint density at radius 3 is 1.85 bits per heavy atom. The number of carbonyl (C=O) groups is 1. The summed E-state index contributed by atoms with van der Waals surface area (Å²) >= 11 is 0. The lowest BCUT2D eigenvalue weighted by atomic mass is 9.79. The molecule has 0 amide bonds. The van der Waals surface area contributed by atoms with Crippen LogP contribution >= 0.6 is 0 Å². The van der Waals surface area contributed by atoms with E-state index in [9.17, 15) is 9.90 Å². The number of phenolic OH excluding ortho intramolecular Hbond substituents is 1. The Hall–Kier alpha value is -2.85. The Balaban J connectivity index is 2.02. The van der Waals surface area contributed by atoms with Crippen LogP contribution in [0.15, 0.2) is 59.7 Å². The Labute approximate surface area is 204 Å². The van der Waals surface area contributed by atoms with Crippen LogP contribution in [0.25, 0.3) is 11.6 Å². The van der Waals surface area contributed by atoms with Gasteiger partial charge in [-0.1, -0.05) is 42.0 Å². The summed E-state index contributed by atoms with van der Waals surface area (Å²) in [6.45, 7) is 15.9. The van der Waals surface area contributed by atoms with E-state index in [0.717, 1.165) is 29.5 Å². The van der Waals surface area contributed by atoms with Crippen molar-refractivity contribution in [1.29, 1.82) is 0 Å². The number of hydrogen-bond acceptors (Lipinski definition) is 4. The molecule has 4 heteroatoms. The second-order valence-electron chi connectivity index (χ2n) is 11.5. The second-order valence-corrected chi connectivity index (χ2v) is 11.5. The van der Waals surface area contributed by atoms with Crippen molar-refractivity contribution in [3.05, 3.63) is 76.4 Å². The van der Waals surface area contributed by atoms with Gasteiger partial charge in [-0.25, -0.2) is 4.79 Å². The fraction of sp³-hybridized carbons (Fsp3) is 0.433. The number of benzene rings is 2. The minimum absolute atomic E-state index is 0.249. The number of rotatable bonds is 4. The van der Waals surface area contributed by atoms with Crippen molar-refractivity contribution in [3.8, 4) is 5.75 Å². The number of carbonyl (C=O) groups excluding carboxylic acids is 1. The van der Waals surface area contributed by atoms with Gasteiger partial charge in [0.1, 0.15) is 11.4 Å². The van der Waals surface area contributed by atoms with Crippen LogP contribution in [0.1, 0.15) is 84.9 Å². The van der Waals surface area contributed by atoms with Crippen LogP contribution < -0.4 is 0 Å². The molecule has 0 bridgehead atoms. The highest BCUT2D eigenvalue weighted by atomic mass is 16.6. The third-order valence-corrected chi connectivity index (χ3v) is 5.64. The zero-order chi connectivity index (χ0) is 25.3. The second kappa shape index (κ2) is 9.42. The van der Waals surface area contributed by atoms with Gasteiger partial charge in [-0.3, -0.25) is 0 Å². The first-order valence-electron chi connectivity index (χ1n) is 11.9. The van der Waals surface area contributed by atoms with Crippen molar-refractivity contribution >= 4 is 17.6 Å². The van der Waals surface area contributed by atoms with E-state index < -0.39 is 5.60 Å². The van der Waals surface area contributed by atoms with E-state index in [0.29, 0.717) is 5.57 Å². The van der Waals surface area contributed by atoms with Crippen molar-refractivity contribution < 1.29 is 19.4 Å². The van der Waals surface area contributed by atoms with E-state index in [2.05, 4.69) is 39.8 Å². The Morgan fingerprint density at radius 1 is 0.912 bits per heavy atom. The molecule has 0 unspecified atom stereocenters. The maximum absolute atomic E-state index is 12.3. The van der Waals surface area contributed by atoms with Crippen molar-refractivity contribution in [2.45, 2.75) is 85.0 Å². The van der Waals surface area contributed by atoms with Gasteiger partial charge in [-0.15, -0.1) is 0 Å². The fourth-order valence-corrected chi connectivity index (χ4v) is 4.70. The molecule has 1 heterocycles. The van der Waals surface area contributed by atoms with Crippen LogP contribution in [-0.4, -0.2) is 27.9 Å². The van der Waals surface area contributed by atoms with Crippen LogP contribution in [0, 0.1) is 0 Å². The average molecular weight is 463 g/mol. The minimum Gasteiger partial charge on any atom is -0.508 e. The smallest absolute Gasteiger partial charge is 0.334 e. The van der Waals surface area contributed by atoms with Crippen LogP contribution in [0.2, 0.25) is 0 Å². The highest BCUT2D eigenvalue weighted by molar-refractivity contribution is 5.93. The molecule has 1 saturated heterocycles. The van der Waals surface area contributed by atoms with E-state index in [1.54, 1.807) is 19.1 Å². The first kappa shape index (κ1) is 25.8. The van der Waals surface area contributed by atoms with E-state index >= 15 is 0 Å². The maximum atomic E-state index is 12.3. The van der Waals surface area contributed by atoms with Crippen LogP contribution in [0.3, 0.4) is 0 Å². The first-order valence-corrected chi connectivity index (χ1v) is 11.9. The molecule has 1 aliphatic heterocycles. The highest BCUT2D eigenvalue weighted by Gasteiger charge is 2.37. The van der Waals surface area contributed by atoms with Crippen LogP contribution in [0.4, 0.5) is 0 Å². The molecule has 4 nitrogen and oxygen atoms in total. The van der Waals surface area contributed by atoms with Crippen molar-refractivity contribution in [3.63, 3.8) is 0 Å². The summed E-state index contributed by atoms with van der Waals surface area (Å²) in [5.41, 5.74) is 5.10. The minimum atomic E-state index is -0.521. The quantitative estimate of drug-likeness (QED) is 0.382. The van der Waals surface area contributed by atoms with Gasteiger partial charge in [0.25, 0.3) is 0 Å². The Kier molecular flexibility index (Phi) is 7.14. The first-order chi connectivity index (χ1) is 15.6. The fourth-order valence-electron chi connectivity index (χ4n) is 4.70. The molecule has 3 rings (SSSR count). The van der Waals surface area contributed by atoms with Crippen molar-refractivity contribution in [2.75, 3.05) is 0 Å². The molecule has 1 fully saturated rings. The molecule has 0 aromatic heterocycles. The van der Waals surface area contributed by atoms with E-state index in [4.69, 9.17) is 9.47 Å². The van der Waals surface area contributed by atoms with Gasteiger partial charge < -0.3 is 14.6 Å². The zero-order valence-corrected chi connectivity index (χ0v) is 21.8. The molecule has 2 aromatic carbocycles. The van der Waals surface area contributed by atoms with Crippen LogP contribution in [-0.2, 0) is 14.3 Å². The lowest BCUT2D eigenvalue weighted by Gasteiger charge is -2.43. The summed E-state index contributed by atoms with van der Waals surface area (Å²) in [5, 5.41) is 9.84. The topological polar surface area (TPSA) is 55.8 Å². The van der Waals surface area contributed by atoms with E-state index in [1.807, 2.05) is 51.1 Å². The number of ether oxygens (including phenoxy) is 2. The molecule has 0 saturated carbocycles. The predicted molar refractivity (Wildman–Crippen MR) is 139 cm³/mol. The highest BCUT2D eigenvalue weighted by Crippen LogP contribution is 2.43. The molecule has 0 aliphatic carbocycles. The summed E-state index contributed by atoms with van der Waals surface area (Å²) in [7, 11) is 0. The van der Waals surface area contributed by atoms with E-state index in [1.165, 1.54) is 11.1 Å². The molecule has 0 atom stereocenters. The number of hydrogen-bond donors (Lipinski definition) is 1. The molecule has 2 aromatic rings. The van der Waals surface area contributed by atoms with Crippen molar-refractivity contribution in [2.24, 2.45) is 0 Å². The molecular weight excluding hydrogens is 424 g/mol.